The minimum absolute atomic E-state index is 0.134. The van der Waals surface area contributed by atoms with Crippen LogP contribution in [-0.4, -0.2) is 66.5 Å². The second-order valence-corrected chi connectivity index (χ2v) is 7.87. The van der Waals surface area contributed by atoms with Crippen LogP contribution in [0.5, 0.6) is 0 Å². The highest BCUT2D eigenvalue weighted by molar-refractivity contribution is 9.10. The zero-order valence-corrected chi connectivity index (χ0v) is 18.4. The number of halogens is 1. The molecule has 3 heterocycles. The Morgan fingerprint density at radius 3 is 2.75 bits per heavy atom. The average Bonchev–Trinajstić information content (AvgIpc) is 3.30. The number of hydrogen-bond acceptors (Lipinski definition) is 8. The number of nitrogens with one attached hydrogen (secondary N) is 3. The van der Waals surface area contributed by atoms with Gasteiger partial charge in [0.25, 0.3) is 5.91 Å². The Hall–Kier alpha value is -3.13. The van der Waals surface area contributed by atoms with Crippen LogP contribution < -0.4 is 16.0 Å². The first-order valence-corrected chi connectivity index (χ1v) is 10.5. The molecule has 4 unspecified atom stereocenters. The third-order valence-corrected chi connectivity index (χ3v) is 5.29. The van der Waals surface area contributed by atoms with Crippen LogP contribution in [0.3, 0.4) is 0 Å². The molecule has 3 aromatic rings. The minimum atomic E-state index is -1.43. The number of aliphatic hydroxyl groups is 2. The minimum Gasteiger partial charge on any atom is -0.387 e. The van der Waals surface area contributed by atoms with Crippen LogP contribution >= 0.6 is 15.9 Å². The van der Waals surface area contributed by atoms with Gasteiger partial charge in [0.05, 0.1) is 6.33 Å². The Bertz CT molecular complexity index is 1160. The van der Waals surface area contributed by atoms with E-state index in [0.29, 0.717) is 12.2 Å². The Balaban J connectivity index is 1.55. The van der Waals surface area contributed by atoms with Gasteiger partial charge in [-0.2, -0.15) is 0 Å². The molecule has 1 aliphatic heterocycles. The molecule has 4 rings (SSSR count). The summed E-state index contributed by atoms with van der Waals surface area (Å²) in [6.45, 7) is 2.08. The summed E-state index contributed by atoms with van der Waals surface area (Å²) < 4.78 is 7.79. The molecule has 0 radical (unpaired) electrons. The van der Waals surface area contributed by atoms with Crippen molar-refractivity contribution in [3.63, 3.8) is 0 Å². The zero-order chi connectivity index (χ0) is 22.8. The molecule has 4 atom stereocenters. The third-order valence-electron chi connectivity index (χ3n) is 4.80. The van der Waals surface area contributed by atoms with E-state index in [0.717, 1.165) is 4.47 Å². The van der Waals surface area contributed by atoms with Crippen molar-refractivity contribution in [2.75, 3.05) is 17.2 Å². The Kier molecular flexibility index (Phi) is 6.32. The number of hydrogen-bond donors (Lipinski definition) is 5. The van der Waals surface area contributed by atoms with Gasteiger partial charge in [0, 0.05) is 16.7 Å². The number of nitrogens with zero attached hydrogens (tertiary/aromatic N) is 4. The topological polar surface area (TPSA) is 164 Å². The van der Waals surface area contributed by atoms with Crippen molar-refractivity contribution in [3.05, 3.63) is 41.4 Å². The van der Waals surface area contributed by atoms with Crippen LogP contribution in [0.2, 0.25) is 0 Å². The summed E-state index contributed by atoms with van der Waals surface area (Å²) in [5.74, 6) is -0.401. The molecule has 5 N–H and O–H groups in total. The maximum atomic E-state index is 12.4. The molecule has 0 spiro atoms. The number of imidazole rings is 1. The number of urea groups is 1. The summed E-state index contributed by atoms with van der Waals surface area (Å²) in [6, 6.07) is 6.53. The van der Waals surface area contributed by atoms with E-state index in [1.54, 1.807) is 25.1 Å². The van der Waals surface area contributed by atoms with Gasteiger partial charge in [-0.3, -0.25) is 14.7 Å². The van der Waals surface area contributed by atoms with E-state index in [9.17, 15) is 19.8 Å². The van der Waals surface area contributed by atoms with E-state index in [4.69, 9.17) is 4.74 Å². The van der Waals surface area contributed by atoms with Gasteiger partial charge in [0.2, 0.25) is 0 Å². The lowest BCUT2D eigenvalue weighted by Crippen LogP contribution is -2.42. The summed E-state index contributed by atoms with van der Waals surface area (Å²) in [5, 5.41) is 28.6. The van der Waals surface area contributed by atoms with E-state index in [1.165, 1.54) is 17.2 Å². The summed E-state index contributed by atoms with van der Waals surface area (Å²) >= 11 is 3.34. The number of amides is 3. The van der Waals surface area contributed by atoms with Gasteiger partial charge in [-0.05, 0) is 25.1 Å². The lowest BCUT2D eigenvalue weighted by Gasteiger charge is -2.16. The molecule has 13 heteroatoms. The van der Waals surface area contributed by atoms with E-state index < -0.39 is 36.5 Å². The van der Waals surface area contributed by atoms with E-state index in [1.807, 2.05) is 6.07 Å². The van der Waals surface area contributed by atoms with Crippen LogP contribution in [0.1, 0.15) is 13.2 Å². The normalized spacial score (nSPS) is 22.6. The second-order valence-electron chi connectivity index (χ2n) is 6.96. The number of carbonyl (C=O) groups excluding carboxylic acids is 2. The van der Waals surface area contributed by atoms with Gasteiger partial charge in [-0.1, -0.05) is 22.0 Å². The van der Waals surface area contributed by atoms with Gasteiger partial charge >= 0.3 is 6.03 Å². The van der Waals surface area contributed by atoms with Crippen LogP contribution in [0.25, 0.3) is 11.2 Å². The first kappa shape index (κ1) is 22.1. The van der Waals surface area contributed by atoms with Crippen molar-refractivity contribution in [1.29, 1.82) is 0 Å². The SMILES string of the molecule is CCNC(=O)C1OC(n2cnc3c(NC(=O)Nc4cccc(Br)c4)ncnc32)C(O)C1O. The number of carbonyl (C=O) groups is 2. The highest BCUT2D eigenvalue weighted by Gasteiger charge is 2.47. The highest BCUT2D eigenvalue weighted by Crippen LogP contribution is 2.32. The van der Waals surface area contributed by atoms with Crippen molar-refractivity contribution in [3.8, 4) is 0 Å². The van der Waals surface area contributed by atoms with Gasteiger partial charge < -0.3 is 25.6 Å². The number of rotatable bonds is 5. The molecule has 32 heavy (non-hydrogen) atoms. The third kappa shape index (κ3) is 4.27. The van der Waals surface area contributed by atoms with Gasteiger partial charge in [0.15, 0.2) is 29.3 Å². The molecule has 12 nitrogen and oxygen atoms in total. The molecule has 0 aliphatic carbocycles. The number of ether oxygens (including phenoxy) is 1. The van der Waals surface area contributed by atoms with Crippen LogP contribution in [0.4, 0.5) is 16.3 Å². The van der Waals surface area contributed by atoms with Crippen LogP contribution in [0.15, 0.2) is 41.4 Å². The number of aromatic nitrogens is 4. The quantitative estimate of drug-likeness (QED) is 0.342. The van der Waals surface area contributed by atoms with E-state index in [2.05, 4.69) is 46.8 Å². The lowest BCUT2D eigenvalue weighted by atomic mass is 10.1. The molecule has 0 saturated carbocycles. The predicted octanol–water partition coefficient (Wildman–Crippen LogP) is 0.988. The molecular formula is C19H20BrN7O5. The Morgan fingerprint density at radius 1 is 1.19 bits per heavy atom. The fraction of sp³-hybridized carbons (Fsp3) is 0.316. The summed E-state index contributed by atoms with van der Waals surface area (Å²) in [5.41, 5.74) is 1.05. The Morgan fingerprint density at radius 2 is 2.00 bits per heavy atom. The monoisotopic (exact) mass is 505 g/mol. The maximum absolute atomic E-state index is 12.4. The fourth-order valence-corrected chi connectivity index (χ4v) is 3.75. The van der Waals surface area contributed by atoms with Gasteiger partial charge in [0.1, 0.15) is 18.5 Å². The van der Waals surface area contributed by atoms with Crippen molar-refractivity contribution in [1.82, 2.24) is 24.8 Å². The number of fused-ring (bicyclic) bond motifs is 1. The molecule has 168 valence electrons. The molecule has 2 aromatic heterocycles. The number of anilines is 2. The molecule has 1 saturated heterocycles. The van der Waals surface area contributed by atoms with Gasteiger partial charge in [-0.15, -0.1) is 0 Å². The standard InChI is InChI=1S/C19H20BrN7O5/c1-2-21-17(30)14-12(28)13(29)18(32-14)27-8-24-11-15(22-7-23-16(11)27)26-19(31)25-10-5-3-4-9(20)6-10/h3-8,12-14,18,28-29H,2H2,1H3,(H,21,30)(H2,22,23,25,26,31). The van der Waals surface area contributed by atoms with Crippen molar-refractivity contribution < 1.29 is 24.5 Å². The first-order chi connectivity index (χ1) is 15.4. The molecule has 1 aliphatic rings. The summed E-state index contributed by atoms with van der Waals surface area (Å²) in [6.07, 6.45) is -2.64. The molecule has 3 amide bonds. The van der Waals surface area contributed by atoms with Crippen molar-refractivity contribution in [2.45, 2.75) is 31.5 Å². The number of benzene rings is 1. The van der Waals surface area contributed by atoms with Crippen molar-refractivity contribution >= 4 is 50.5 Å². The Labute approximate surface area is 190 Å². The predicted molar refractivity (Wildman–Crippen MR) is 117 cm³/mol. The number of aliphatic hydroxyl groups excluding tert-OH is 2. The molecule has 1 aromatic carbocycles. The van der Waals surface area contributed by atoms with Crippen LogP contribution in [0, 0.1) is 0 Å². The molecule has 1 fully saturated rings. The van der Waals surface area contributed by atoms with Crippen LogP contribution in [-0.2, 0) is 9.53 Å². The first-order valence-electron chi connectivity index (χ1n) is 9.69. The summed E-state index contributed by atoms with van der Waals surface area (Å²) in [4.78, 5) is 36.9. The summed E-state index contributed by atoms with van der Waals surface area (Å²) in [7, 11) is 0. The van der Waals surface area contributed by atoms with E-state index in [-0.39, 0.29) is 17.0 Å². The molecule has 0 bridgehead atoms. The fourth-order valence-electron chi connectivity index (χ4n) is 3.35. The van der Waals surface area contributed by atoms with Gasteiger partial charge in [-0.25, -0.2) is 19.7 Å². The maximum Gasteiger partial charge on any atom is 0.324 e. The smallest absolute Gasteiger partial charge is 0.324 e. The molecular weight excluding hydrogens is 486 g/mol. The zero-order valence-electron chi connectivity index (χ0n) is 16.8. The van der Waals surface area contributed by atoms with E-state index >= 15 is 0 Å². The highest BCUT2D eigenvalue weighted by atomic mass is 79.9. The second kappa shape index (κ2) is 9.16. The number of likely N-dealkylation sites (N-methyl/N-ethyl adjacent to an activating group) is 1. The van der Waals surface area contributed by atoms with Crippen molar-refractivity contribution in [2.24, 2.45) is 0 Å². The lowest BCUT2D eigenvalue weighted by molar-refractivity contribution is -0.137. The largest absolute Gasteiger partial charge is 0.387 e. The average molecular weight is 506 g/mol.